The van der Waals surface area contributed by atoms with Crippen LogP contribution in [0.3, 0.4) is 0 Å². The lowest BCUT2D eigenvalue weighted by atomic mass is 10.3. The highest BCUT2D eigenvalue weighted by molar-refractivity contribution is 5.53. The Balaban J connectivity index is 2.46. The molecule has 0 aliphatic rings. The van der Waals surface area contributed by atoms with Crippen molar-refractivity contribution in [3.05, 3.63) is 36.7 Å². The van der Waals surface area contributed by atoms with Crippen molar-refractivity contribution in [1.82, 2.24) is 4.57 Å². The van der Waals surface area contributed by atoms with Gasteiger partial charge in [0.2, 0.25) is 0 Å². The van der Waals surface area contributed by atoms with Crippen LogP contribution in [0.5, 0.6) is 0 Å². The van der Waals surface area contributed by atoms with E-state index in [1.165, 1.54) is 0 Å². The van der Waals surface area contributed by atoms with Crippen molar-refractivity contribution in [2.75, 3.05) is 0 Å². The zero-order chi connectivity index (χ0) is 9.26. The molecule has 0 amide bonds. The van der Waals surface area contributed by atoms with Crippen molar-refractivity contribution in [1.29, 1.82) is 0 Å². The predicted octanol–water partition coefficient (Wildman–Crippen LogP) is 3.33. The molecule has 0 unspecified atom stereocenters. The summed E-state index contributed by atoms with van der Waals surface area (Å²) in [6.45, 7) is 4.32. The first kappa shape index (κ1) is 8.17. The lowest BCUT2D eigenvalue weighted by molar-refractivity contribution is 0.556. The van der Waals surface area contributed by atoms with Gasteiger partial charge in [0, 0.05) is 12.2 Å². The first-order chi connectivity index (χ1) is 6.29. The number of furan rings is 1. The van der Waals surface area contributed by atoms with Crippen molar-refractivity contribution in [2.24, 2.45) is 0 Å². The molecule has 0 radical (unpaired) electrons. The van der Waals surface area contributed by atoms with Crippen molar-refractivity contribution >= 4 is 0 Å². The minimum Gasteiger partial charge on any atom is -0.463 e. The molecule has 2 heterocycles. The third kappa shape index (κ3) is 1.39. The van der Waals surface area contributed by atoms with Crippen molar-refractivity contribution < 1.29 is 4.42 Å². The molecule has 68 valence electrons. The van der Waals surface area contributed by atoms with Crippen LogP contribution >= 0.6 is 0 Å². The van der Waals surface area contributed by atoms with Gasteiger partial charge in [0.25, 0.3) is 0 Å². The van der Waals surface area contributed by atoms with Crippen molar-refractivity contribution in [3.63, 3.8) is 0 Å². The molecule has 2 aromatic rings. The van der Waals surface area contributed by atoms with Gasteiger partial charge < -0.3 is 8.98 Å². The van der Waals surface area contributed by atoms with Gasteiger partial charge in [-0.05, 0) is 38.1 Å². The normalized spacial score (nSPS) is 11.0. The predicted molar refractivity (Wildman–Crippen MR) is 52.5 cm³/mol. The Morgan fingerprint density at radius 1 is 1.23 bits per heavy atom. The van der Waals surface area contributed by atoms with Crippen LogP contribution in [0.25, 0.3) is 11.5 Å². The molecule has 2 aromatic heterocycles. The summed E-state index contributed by atoms with van der Waals surface area (Å²) in [6.07, 6.45) is 3.77. The highest BCUT2D eigenvalue weighted by Gasteiger charge is 2.07. The Morgan fingerprint density at radius 3 is 2.69 bits per heavy atom. The van der Waals surface area contributed by atoms with E-state index in [1.54, 1.807) is 6.26 Å². The number of hydrogen-bond donors (Lipinski definition) is 0. The molecule has 0 saturated carbocycles. The van der Waals surface area contributed by atoms with E-state index in [0.717, 1.165) is 11.5 Å². The van der Waals surface area contributed by atoms with E-state index in [-0.39, 0.29) is 0 Å². The Hall–Kier alpha value is -1.44. The van der Waals surface area contributed by atoms with Gasteiger partial charge in [-0.25, -0.2) is 0 Å². The molecule has 2 heteroatoms. The molecule has 0 aromatic carbocycles. The summed E-state index contributed by atoms with van der Waals surface area (Å²) < 4.78 is 7.54. The van der Waals surface area contributed by atoms with Crippen LogP contribution in [0.4, 0.5) is 0 Å². The maximum absolute atomic E-state index is 5.35. The maximum atomic E-state index is 5.35. The zero-order valence-electron chi connectivity index (χ0n) is 7.90. The van der Waals surface area contributed by atoms with Crippen LogP contribution in [0.15, 0.2) is 41.1 Å². The molecule has 2 rings (SSSR count). The monoisotopic (exact) mass is 175 g/mol. The minimum atomic E-state index is 0.468. The Kier molecular flexibility index (Phi) is 1.97. The highest BCUT2D eigenvalue weighted by Crippen LogP contribution is 2.23. The van der Waals surface area contributed by atoms with Gasteiger partial charge in [0.15, 0.2) is 0 Å². The molecule has 0 aliphatic carbocycles. The fourth-order valence-corrected chi connectivity index (χ4v) is 1.48. The summed E-state index contributed by atoms with van der Waals surface area (Å²) >= 11 is 0. The van der Waals surface area contributed by atoms with Crippen LogP contribution in [0.2, 0.25) is 0 Å². The lowest BCUT2D eigenvalue weighted by Crippen LogP contribution is -1.99. The smallest absolute Gasteiger partial charge is 0.150 e. The molecule has 0 spiro atoms. The molecule has 0 atom stereocenters. The topological polar surface area (TPSA) is 18.1 Å². The second-order valence-corrected chi connectivity index (χ2v) is 3.37. The van der Waals surface area contributed by atoms with Crippen LogP contribution in [0.1, 0.15) is 19.9 Å². The Bertz CT molecular complexity index is 370. The number of nitrogens with zero attached hydrogens (tertiary/aromatic N) is 1. The van der Waals surface area contributed by atoms with Gasteiger partial charge in [0.1, 0.15) is 5.76 Å². The van der Waals surface area contributed by atoms with Gasteiger partial charge in [-0.3, -0.25) is 0 Å². The fraction of sp³-hybridized carbons (Fsp3) is 0.273. The average Bonchev–Trinajstić information content (AvgIpc) is 2.74. The summed E-state index contributed by atoms with van der Waals surface area (Å²) in [6, 6.07) is 8.47. The van der Waals surface area contributed by atoms with Crippen LogP contribution in [0, 0.1) is 0 Å². The third-order valence-electron chi connectivity index (χ3n) is 2.11. The second-order valence-electron chi connectivity index (χ2n) is 3.37. The molecule has 0 saturated heterocycles. The molecule has 13 heavy (non-hydrogen) atoms. The Morgan fingerprint density at radius 2 is 2.08 bits per heavy atom. The van der Waals surface area contributed by atoms with E-state index in [9.17, 15) is 0 Å². The number of rotatable bonds is 2. The third-order valence-corrected chi connectivity index (χ3v) is 2.11. The molecule has 0 bridgehead atoms. The van der Waals surface area contributed by atoms with Gasteiger partial charge in [-0.1, -0.05) is 0 Å². The number of hydrogen-bond acceptors (Lipinski definition) is 1. The average molecular weight is 175 g/mol. The van der Waals surface area contributed by atoms with Gasteiger partial charge >= 0.3 is 0 Å². The first-order valence-corrected chi connectivity index (χ1v) is 4.50. The van der Waals surface area contributed by atoms with Crippen molar-refractivity contribution in [3.8, 4) is 11.5 Å². The van der Waals surface area contributed by atoms with Gasteiger partial charge in [-0.15, -0.1) is 0 Å². The molecule has 0 N–H and O–H groups in total. The van der Waals surface area contributed by atoms with E-state index in [0.29, 0.717) is 6.04 Å². The fourth-order valence-electron chi connectivity index (χ4n) is 1.48. The van der Waals surface area contributed by atoms with Crippen LogP contribution in [-0.4, -0.2) is 4.57 Å². The summed E-state index contributed by atoms with van der Waals surface area (Å²) in [7, 11) is 0. The Labute approximate surface area is 77.8 Å². The largest absolute Gasteiger partial charge is 0.463 e. The quantitative estimate of drug-likeness (QED) is 0.684. The molecular weight excluding hydrogens is 162 g/mol. The highest BCUT2D eigenvalue weighted by atomic mass is 16.3. The SMILES string of the molecule is CC(C)n1cccc1-c1ccco1. The van der Waals surface area contributed by atoms with E-state index in [4.69, 9.17) is 4.42 Å². The van der Waals surface area contributed by atoms with E-state index >= 15 is 0 Å². The summed E-state index contributed by atoms with van der Waals surface area (Å²) in [5.41, 5.74) is 1.14. The molecule has 2 nitrogen and oxygen atoms in total. The van der Waals surface area contributed by atoms with E-state index in [1.807, 2.05) is 18.2 Å². The lowest BCUT2D eigenvalue weighted by Gasteiger charge is -2.10. The van der Waals surface area contributed by atoms with Crippen LogP contribution in [-0.2, 0) is 0 Å². The zero-order valence-corrected chi connectivity index (χ0v) is 7.90. The molecule has 0 fully saturated rings. The molecular formula is C11H13NO. The van der Waals surface area contributed by atoms with Crippen LogP contribution < -0.4 is 0 Å². The van der Waals surface area contributed by atoms with E-state index < -0.39 is 0 Å². The second kappa shape index (κ2) is 3.13. The first-order valence-electron chi connectivity index (χ1n) is 4.50. The van der Waals surface area contributed by atoms with Gasteiger partial charge in [-0.2, -0.15) is 0 Å². The maximum Gasteiger partial charge on any atom is 0.150 e. The number of aromatic nitrogens is 1. The van der Waals surface area contributed by atoms with Crippen molar-refractivity contribution in [2.45, 2.75) is 19.9 Å². The van der Waals surface area contributed by atoms with E-state index in [2.05, 4.69) is 30.7 Å². The van der Waals surface area contributed by atoms with Gasteiger partial charge in [0.05, 0.1) is 12.0 Å². The summed E-state index contributed by atoms with van der Waals surface area (Å²) in [5.74, 6) is 0.929. The summed E-state index contributed by atoms with van der Waals surface area (Å²) in [4.78, 5) is 0. The standard InChI is InChI=1S/C11H13NO/c1-9(2)12-7-3-5-10(12)11-6-4-8-13-11/h3-9H,1-2H3. The molecule has 0 aliphatic heterocycles. The minimum absolute atomic E-state index is 0.468. The summed E-state index contributed by atoms with van der Waals surface area (Å²) in [5, 5.41) is 0.